The molecule has 0 aliphatic carbocycles. The highest BCUT2D eigenvalue weighted by atomic mass is 16.5. The Morgan fingerprint density at radius 1 is 1.47 bits per heavy atom. The number of ether oxygens (including phenoxy) is 1. The maximum Gasteiger partial charge on any atom is 0.261 e. The first-order valence-electron chi connectivity index (χ1n) is 6.92. The number of benzene rings is 1. The summed E-state index contributed by atoms with van der Waals surface area (Å²) in [5, 5.41) is 13.0. The predicted molar refractivity (Wildman–Crippen MR) is 71.8 cm³/mol. The quantitative estimate of drug-likeness (QED) is 0.857. The van der Waals surface area contributed by atoms with E-state index >= 15 is 0 Å². The fourth-order valence-corrected chi connectivity index (χ4v) is 3.21. The molecule has 1 aromatic rings. The molecule has 1 fully saturated rings. The maximum atomic E-state index is 12.4. The lowest BCUT2D eigenvalue weighted by atomic mass is 9.84. The minimum absolute atomic E-state index is 0.0503. The van der Waals surface area contributed by atoms with Gasteiger partial charge in [0, 0.05) is 17.7 Å². The van der Waals surface area contributed by atoms with Gasteiger partial charge in [0.25, 0.3) is 5.91 Å². The summed E-state index contributed by atoms with van der Waals surface area (Å²) in [4.78, 5) is 12.4. The van der Waals surface area contributed by atoms with E-state index in [9.17, 15) is 9.90 Å². The molecule has 2 heterocycles. The van der Waals surface area contributed by atoms with Gasteiger partial charge in [-0.15, -0.1) is 0 Å². The van der Waals surface area contributed by atoms with Crippen LogP contribution in [0, 0.1) is 0 Å². The Hall–Kier alpha value is -1.39. The molecule has 2 aliphatic rings. The average molecular weight is 261 g/mol. The van der Waals surface area contributed by atoms with Gasteiger partial charge in [0.2, 0.25) is 0 Å². The molecule has 4 heteroatoms. The number of hydrogen-bond donors (Lipinski definition) is 2. The second-order valence-electron chi connectivity index (χ2n) is 5.45. The van der Waals surface area contributed by atoms with Crippen LogP contribution < -0.4 is 5.32 Å². The van der Waals surface area contributed by atoms with E-state index in [4.69, 9.17) is 4.74 Å². The minimum atomic E-state index is -0.992. The van der Waals surface area contributed by atoms with Crippen molar-refractivity contribution in [2.75, 3.05) is 5.32 Å². The highest BCUT2D eigenvalue weighted by molar-refractivity contribution is 6.05. The lowest BCUT2D eigenvalue weighted by Crippen LogP contribution is -2.48. The number of carbonyl (C=O) groups is 1. The van der Waals surface area contributed by atoms with E-state index in [0.29, 0.717) is 12.8 Å². The Balaban J connectivity index is 1.99. The van der Waals surface area contributed by atoms with E-state index in [1.807, 2.05) is 24.3 Å². The summed E-state index contributed by atoms with van der Waals surface area (Å²) in [6.45, 7) is 2.08. The van der Waals surface area contributed by atoms with E-state index in [1.165, 1.54) is 0 Å². The van der Waals surface area contributed by atoms with Crippen molar-refractivity contribution >= 4 is 11.6 Å². The lowest BCUT2D eigenvalue weighted by molar-refractivity contribution is -0.178. The van der Waals surface area contributed by atoms with Gasteiger partial charge in [-0.25, -0.2) is 0 Å². The van der Waals surface area contributed by atoms with Gasteiger partial charge in [-0.3, -0.25) is 4.79 Å². The minimum Gasteiger partial charge on any atom is -0.393 e. The fourth-order valence-electron chi connectivity index (χ4n) is 3.21. The molecule has 0 bridgehead atoms. The first kappa shape index (κ1) is 12.6. The first-order valence-corrected chi connectivity index (χ1v) is 6.92. The van der Waals surface area contributed by atoms with Crippen LogP contribution in [0.5, 0.6) is 0 Å². The summed E-state index contributed by atoms with van der Waals surface area (Å²) < 4.78 is 6.11. The summed E-state index contributed by atoms with van der Waals surface area (Å²) in [5.74, 6) is -0.145. The monoisotopic (exact) mass is 261 g/mol. The van der Waals surface area contributed by atoms with Gasteiger partial charge in [0.05, 0.1) is 12.2 Å². The van der Waals surface area contributed by atoms with E-state index in [0.717, 1.165) is 24.1 Å². The highest BCUT2D eigenvalue weighted by Crippen LogP contribution is 2.46. The third-order valence-electron chi connectivity index (χ3n) is 4.01. The molecule has 1 spiro atoms. The summed E-state index contributed by atoms with van der Waals surface area (Å²) in [6, 6.07) is 7.58. The molecule has 3 rings (SSSR count). The number of rotatable bonds is 2. The van der Waals surface area contributed by atoms with E-state index in [2.05, 4.69) is 12.2 Å². The molecule has 1 aromatic carbocycles. The molecule has 1 amide bonds. The second-order valence-corrected chi connectivity index (χ2v) is 5.45. The molecular formula is C15H19NO3. The van der Waals surface area contributed by atoms with E-state index < -0.39 is 11.7 Å². The number of para-hydroxylation sites is 1. The van der Waals surface area contributed by atoms with Crippen molar-refractivity contribution in [1.29, 1.82) is 0 Å². The number of aliphatic hydroxyl groups is 1. The van der Waals surface area contributed by atoms with Crippen LogP contribution in [-0.4, -0.2) is 23.2 Å². The van der Waals surface area contributed by atoms with Gasteiger partial charge in [0.15, 0.2) is 5.60 Å². The number of fused-ring (bicyclic) bond motifs is 2. The molecule has 19 heavy (non-hydrogen) atoms. The molecule has 4 nitrogen and oxygen atoms in total. The Labute approximate surface area is 112 Å². The normalized spacial score (nSPS) is 33.3. The van der Waals surface area contributed by atoms with Crippen LogP contribution in [0.1, 0.15) is 38.2 Å². The fraction of sp³-hybridized carbons (Fsp3) is 0.533. The van der Waals surface area contributed by atoms with E-state index in [-0.39, 0.29) is 12.0 Å². The van der Waals surface area contributed by atoms with Gasteiger partial charge < -0.3 is 15.2 Å². The van der Waals surface area contributed by atoms with Crippen molar-refractivity contribution in [2.24, 2.45) is 0 Å². The van der Waals surface area contributed by atoms with Crippen LogP contribution in [0.3, 0.4) is 0 Å². The van der Waals surface area contributed by atoms with Crippen molar-refractivity contribution in [3.63, 3.8) is 0 Å². The van der Waals surface area contributed by atoms with Crippen molar-refractivity contribution in [2.45, 2.75) is 50.4 Å². The zero-order valence-corrected chi connectivity index (χ0v) is 11.1. The molecule has 1 saturated heterocycles. The second kappa shape index (κ2) is 4.62. The number of amides is 1. The van der Waals surface area contributed by atoms with Gasteiger partial charge in [-0.05, 0) is 18.9 Å². The van der Waals surface area contributed by atoms with Crippen LogP contribution >= 0.6 is 0 Å². The molecule has 3 atom stereocenters. The third kappa shape index (κ3) is 1.95. The zero-order chi connectivity index (χ0) is 13.5. The molecule has 1 unspecified atom stereocenters. The number of hydrogen-bond acceptors (Lipinski definition) is 3. The summed E-state index contributed by atoms with van der Waals surface area (Å²) >= 11 is 0. The van der Waals surface area contributed by atoms with Crippen LogP contribution in [0.15, 0.2) is 24.3 Å². The molecule has 2 N–H and O–H groups in total. The first-order chi connectivity index (χ1) is 9.15. The van der Waals surface area contributed by atoms with Crippen LogP contribution in [0.2, 0.25) is 0 Å². The van der Waals surface area contributed by atoms with Gasteiger partial charge in [0.1, 0.15) is 0 Å². The lowest BCUT2D eigenvalue weighted by Gasteiger charge is -2.39. The van der Waals surface area contributed by atoms with Crippen molar-refractivity contribution < 1.29 is 14.6 Å². The molecule has 0 saturated carbocycles. The molecule has 0 aromatic heterocycles. The standard InChI is InChI=1S/C15H19NO3/c1-2-5-11-8-10(17)9-15(19-11)12-6-3-4-7-13(12)16-14(15)18/h3-4,6-7,10-11,17H,2,5,8-9H2,1H3,(H,16,18)/t10-,11-,15?/m0/s1. The summed E-state index contributed by atoms with van der Waals surface area (Å²) in [5.41, 5.74) is 0.672. The Kier molecular flexibility index (Phi) is 3.07. The number of nitrogens with one attached hydrogen (secondary N) is 1. The van der Waals surface area contributed by atoms with Crippen molar-refractivity contribution in [1.82, 2.24) is 0 Å². The SMILES string of the molecule is CCC[C@H]1C[C@H](O)CC2(O1)C(=O)Nc1ccccc12. The highest BCUT2D eigenvalue weighted by Gasteiger charge is 2.52. The predicted octanol–water partition coefficient (Wildman–Crippen LogP) is 2.17. The van der Waals surface area contributed by atoms with Crippen molar-refractivity contribution in [3.8, 4) is 0 Å². The maximum absolute atomic E-state index is 12.4. The van der Waals surface area contributed by atoms with Crippen LogP contribution in [0.4, 0.5) is 5.69 Å². The smallest absolute Gasteiger partial charge is 0.261 e. The van der Waals surface area contributed by atoms with Crippen LogP contribution in [-0.2, 0) is 15.1 Å². The number of aliphatic hydroxyl groups excluding tert-OH is 1. The van der Waals surface area contributed by atoms with Gasteiger partial charge in [-0.2, -0.15) is 0 Å². The molecular weight excluding hydrogens is 242 g/mol. The zero-order valence-electron chi connectivity index (χ0n) is 11.1. The third-order valence-corrected chi connectivity index (χ3v) is 4.01. The van der Waals surface area contributed by atoms with Gasteiger partial charge >= 0.3 is 0 Å². The summed E-state index contributed by atoms with van der Waals surface area (Å²) in [6.07, 6.45) is 2.28. The largest absolute Gasteiger partial charge is 0.393 e. The summed E-state index contributed by atoms with van der Waals surface area (Å²) in [7, 11) is 0. The topological polar surface area (TPSA) is 58.6 Å². The van der Waals surface area contributed by atoms with Crippen molar-refractivity contribution in [3.05, 3.63) is 29.8 Å². The molecule has 102 valence electrons. The van der Waals surface area contributed by atoms with E-state index in [1.54, 1.807) is 0 Å². The van der Waals surface area contributed by atoms with Crippen LogP contribution in [0.25, 0.3) is 0 Å². The number of carbonyl (C=O) groups excluding carboxylic acids is 1. The van der Waals surface area contributed by atoms with Gasteiger partial charge in [-0.1, -0.05) is 31.5 Å². The molecule has 0 radical (unpaired) electrons. The number of anilines is 1. The molecule has 2 aliphatic heterocycles. The Morgan fingerprint density at radius 2 is 2.26 bits per heavy atom. The Morgan fingerprint density at radius 3 is 3.05 bits per heavy atom. The Bertz CT molecular complexity index is 502. The average Bonchev–Trinajstić information content (AvgIpc) is 2.62.